The molecule has 14 heavy (non-hydrogen) atoms. The van der Waals surface area contributed by atoms with Gasteiger partial charge in [-0.1, -0.05) is 6.92 Å². The SMILES string of the molecule is CCOCCCC(O)C(C)CCOC. The number of hydrogen-bond acceptors (Lipinski definition) is 3. The van der Waals surface area contributed by atoms with Crippen molar-refractivity contribution in [3.63, 3.8) is 0 Å². The zero-order valence-corrected chi connectivity index (χ0v) is 9.66. The number of rotatable bonds is 9. The maximum atomic E-state index is 9.73. The molecule has 3 heteroatoms. The average molecular weight is 204 g/mol. The number of aliphatic hydroxyl groups is 1. The smallest absolute Gasteiger partial charge is 0.0567 e. The highest BCUT2D eigenvalue weighted by molar-refractivity contribution is 4.64. The topological polar surface area (TPSA) is 38.7 Å². The molecule has 0 radical (unpaired) electrons. The average Bonchev–Trinajstić information content (AvgIpc) is 2.20. The van der Waals surface area contributed by atoms with Gasteiger partial charge in [0.25, 0.3) is 0 Å². The van der Waals surface area contributed by atoms with Crippen LogP contribution < -0.4 is 0 Å². The first kappa shape index (κ1) is 13.9. The van der Waals surface area contributed by atoms with E-state index in [1.807, 2.05) is 6.92 Å². The highest BCUT2D eigenvalue weighted by atomic mass is 16.5. The molecule has 0 saturated carbocycles. The molecular formula is C11H24O3. The van der Waals surface area contributed by atoms with Crippen molar-refractivity contribution in [1.82, 2.24) is 0 Å². The van der Waals surface area contributed by atoms with E-state index in [0.29, 0.717) is 5.92 Å². The normalized spacial score (nSPS) is 15.4. The largest absolute Gasteiger partial charge is 0.393 e. The highest BCUT2D eigenvalue weighted by Gasteiger charge is 2.13. The standard InChI is InChI=1S/C11H24O3/c1-4-14-8-5-6-11(12)10(2)7-9-13-3/h10-12H,4-9H2,1-3H3. The minimum atomic E-state index is -0.217. The summed E-state index contributed by atoms with van der Waals surface area (Å²) < 4.78 is 10.2. The number of hydrogen-bond donors (Lipinski definition) is 1. The van der Waals surface area contributed by atoms with E-state index in [2.05, 4.69) is 6.92 Å². The van der Waals surface area contributed by atoms with Crippen LogP contribution in [0.25, 0.3) is 0 Å². The fourth-order valence-electron chi connectivity index (χ4n) is 1.32. The molecule has 0 aromatic heterocycles. The van der Waals surface area contributed by atoms with Crippen LogP contribution in [0.2, 0.25) is 0 Å². The Balaban J connectivity index is 3.36. The summed E-state index contributed by atoms with van der Waals surface area (Å²) in [6.45, 7) is 6.28. The van der Waals surface area contributed by atoms with Crippen molar-refractivity contribution in [2.45, 2.75) is 39.2 Å². The third kappa shape index (κ3) is 7.30. The van der Waals surface area contributed by atoms with Crippen LogP contribution in [0, 0.1) is 5.92 Å². The fourth-order valence-corrected chi connectivity index (χ4v) is 1.32. The molecule has 0 bridgehead atoms. The quantitative estimate of drug-likeness (QED) is 0.582. The summed E-state index contributed by atoms with van der Waals surface area (Å²) in [6.07, 6.45) is 2.47. The molecule has 2 atom stereocenters. The van der Waals surface area contributed by atoms with Gasteiger partial charge in [-0.25, -0.2) is 0 Å². The molecule has 0 aromatic carbocycles. The summed E-state index contributed by atoms with van der Waals surface area (Å²) in [6, 6.07) is 0. The first-order chi connectivity index (χ1) is 6.72. The van der Waals surface area contributed by atoms with Gasteiger partial charge in [0.2, 0.25) is 0 Å². The number of aliphatic hydroxyl groups excluding tert-OH is 1. The molecule has 0 aromatic rings. The monoisotopic (exact) mass is 204 g/mol. The molecule has 0 aliphatic heterocycles. The Bertz CT molecular complexity index is 117. The number of methoxy groups -OCH3 is 1. The number of ether oxygens (including phenoxy) is 2. The van der Waals surface area contributed by atoms with Crippen LogP contribution in [0.5, 0.6) is 0 Å². The molecule has 1 N–H and O–H groups in total. The van der Waals surface area contributed by atoms with E-state index in [0.717, 1.165) is 39.1 Å². The Morgan fingerprint density at radius 1 is 1.21 bits per heavy atom. The summed E-state index contributed by atoms with van der Waals surface area (Å²) in [4.78, 5) is 0. The Hall–Kier alpha value is -0.120. The van der Waals surface area contributed by atoms with E-state index in [9.17, 15) is 5.11 Å². The van der Waals surface area contributed by atoms with Crippen LogP contribution in [0.3, 0.4) is 0 Å². The Morgan fingerprint density at radius 3 is 2.50 bits per heavy atom. The van der Waals surface area contributed by atoms with Gasteiger partial charge in [-0.3, -0.25) is 0 Å². The molecule has 0 saturated heterocycles. The van der Waals surface area contributed by atoms with E-state index in [1.54, 1.807) is 7.11 Å². The van der Waals surface area contributed by atoms with Crippen LogP contribution >= 0.6 is 0 Å². The van der Waals surface area contributed by atoms with Gasteiger partial charge in [0.15, 0.2) is 0 Å². The molecule has 0 amide bonds. The van der Waals surface area contributed by atoms with Gasteiger partial charge in [0, 0.05) is 26.9 Å². The molecule has 2 unspecified atom stereocenters. The Labute approximate surface area is 87.4 Å². The van der Waals surface area contributed by atoms with Crippen molar-refractivity contribution >= 4 is 0 Å². The zero-order chi connectivity index (χ0) is 10.8. The molecule has 0 spiro atoms. The fraction of sp³-hybridized carbons (Fsp3) is 1.00. The lowest BCUT2D eigenvalue weighted by Gasteiger charge is -2.18. The van der Waals surface area contributed by atoms with Gasteiger partial charge in [-0.15, -0.1) is 0 Å². The van der Waals surface area contributed by atoms with Crippen LogP contribution in [0.15, 0.2) is 0 Å². The third-order valence-electron chi connectivity index (χ3n) is 2.43. The van der Waals surface area contributed by atoms with Crippen molar-refractivity contribution in [2.24, 2.45) is 5.92 Å². The van der Waals surface area contributed by atoms with Gasteiger partial charge >= 0.3 is 0 Å². The van der Waals surface area contributed by atoms with E-state index in [-0.39, 0.29) is 6.10 Å². The van der Waals surface area contributed by atoms with Gasteiger partial charge < -0.3 is 14.6 Å². The first-order valence-corrected chi connectivity index (χ1v) is 5.47. The van der Waals surface area contributed by atoms with E-state index in [1.165, 1.54) is 0 Å². The van der Waals surface area contributed by atoms with Crippen LogP contribution in [0.1, 0.15) is 33.1 Å². The van der Waals surface area contributed by atoms with Crippen LogP contribution in [-0.4, -0.2) is 38.1 Å². The zero-order valence-electron chi connectivity index (χ0n) is 9.66. The van der Waals surface area contributed by atoms with E-state index < -0.39 is 0 Å². The highest BCUT2D eigenvalue weighted by Crippen LogP contribution is 2.13. The maximum Gasteiger partial charge on any atom is 0.0567 e. The molecule has 0 aliphatic carbocycles. The van der Waals surface area contributed by atoms with Crippen molar-refractivity contribution in [2.75, 3.05) is 26.9 Å². The lowest BCUT2D eigenvalue weighted by atomic mass is 9.98. The van der Waals surface area contributed by atoms with Gasteiger partial charge in [-0.2, -0.15) is 0 Å². The Kier molecular flexibility index (Phi) is 9.35. The molecular weight excluding hydrogens is 180 g/mol. The summed E-state index contributed by atoms with van der Waals surface area (Å²) >= 11 is 0. The van der Waals surface area contributed by atoms with Crippen molar-refractivity contribution in [1.29, 1.82) is 0 Å². The first-order valence-electron chi connectivity index (χ1n) is 5.47. The molecule has 86 valence electrons. The van der Waals surface area contributed by atoms with Gasteiger partial charge in [-0.05, 0) is 32.1 Å². The molecule has 3 nitrogen and oxygen atoms in total. The van der Waals surface area contributed by atoms with Crippen molar-refractivity contribution in [3.8, 4) is 0 Å². The van der Waals surface area contributed by atoms with Crippen LogP contribution in [-0.2, 0) is 9.47 Å². The van der Waals surface area contributed by atoms with Gasteiger partial charge in [0.05, 0.1) is 6.10 Å². The lowest BCUT2D eigenvalue weighted by Crippen LogP contribution is -2.19. The maximum absolute atomic E-state index is 9.73. The second-order valence-corrected chi connectivity index (χ2v) is 3.67. The predicted molar refractivity (Wildman–Crippen MR) is 57.4 cm³/mol. The van der Waals surface area contributed by atoms with Crippen molar-refractivity contribution < 1.29 is 14.6 Å². The molecule has 0 rings (SSSR count). The summed E-state index contributed by atoms with van der Waals surface area (Å²) in [7, 11) is 1.69. The third-order valence-corrected chi connectivity index (χ3v) is 2.43. The van der Waals surface area contributed by atoms with Crippen LogP contribution in [0.4, 0.5) is 0 Å². The molecule has 0 aliphatic rings. The summed E-state index contributed by atoms with van der Waals surface area (Å²) in [5.41, 5.74) is 0. The van der Waals surface area contributed by atoms with E-state index >= 15 is 0 Å². The second-order valence-electron chi connectivity index (χ2n) is 3.67. The van der Waals surface area contributed by atoms with E-state index in [4.69, 9.17) is 9.47 Å². The minimum Gasteiger partial charge on any atom is -0.393 e. The van der Waals surface area contributed by atoms with Gasteiger partial charge in [0.1, 0.15) is 0 Å². The second kappa shape index (κ2) is 9.44. The molecule has 0 fully saturated rings. The predicted octanol–water partition coefficient (Wildman–Crippen LogP) is 1.84. The minimum absolute atomic E-state index is 0.217. The van der Waals surface area contributed by atoms with Crippen molar-refractivity contribution in [3.05, 3.63) is 0 Å². The summed E-state index contributed by atoms with van der Waals surface area (Å²) in [5.74, 6) is 0.316. The Morgan fingerprint density at radius 2 is 1.93 bits per heavy atom. The lowest BCUT2D eigenvalue weighted by molar-refractivity contribution is 0.0675. The molecule has 0 heterocycles. The summed E-state index contributed by atoms with van der Waals surface area (Å²) in [5, 5.41) is 9.73.